The van der Waals surface area contributed by atoms with Crippen molar-refractivity contribution in [3.63, 3.8) is 0 Å². The number of aryl methyl sites for hydroxylation is 1. The zero-order chi connectivity index (χ0) is 15.9. The number of aliphatic hydroxyl groups is 1. The fourth-order valence-electron chi connectivity index (χ4n) is 2.12. The van der Waals surface area contributed by atoms with E-state index in [9.17, 15) is 9.90 Å². The third-order valence-electron chi connectivity index (χ3n) is 3.45. The van der Waals surface area contributed by atoms with E-state index in [1.54, 1.807) is 35.6 Å². The number of anilines is 1. The number of nitrogens with one attached hydrogen (secondary N) is 1. The van der Waals surface area contributed by atoms with E-state index in [1.807, 2.05) is 19.9 Å². The Bertz CT molecular complexity index is 577. The summed E-state index contributed by atoms with van der Waals surface area (Å²) >= 11 is 0. The summed E-state index contributed by atoms with van der Waals surface area (Å²) < 4.78 is 5.30. The molecule has 6 heteroatoms. The number of amides is 2. The lowest BCUT2D eigenvalue weighted by atomic mass is 10.2. The molecule has 2 rings (SSSR count). The minimum Gasteiger partial charge on any atom is -0.467 e. The van der Waals surface area contributed by atoms with Gasteiger partial charge in [-0.25, -0.2) is 4.79 Å². The fourth-order valence-corrected chi connectivity index (χ4v) is 2.12. The normalized spacial score (nSPS) is 12.0. The van der Waals surface area contributed by atoms with Crippen LogP contribution < -0.4 is 5.32 Å². The molecule has 0 radical (unpaired) electrons. The van der Waals surface area contributed by atoms with Gasteiger partial charge in [-0.2, -0.15) is 0 Å². The van der Waals surface area contributed by atoms with E-state index in [2.05, 4.69) is 10.3 Å². The molecule has 1 atom stereocenters. The molecule has 118 valence electrons. The van der Waals surface area contributed by atoms with Crippen LogP contribution in [-0.4, -0.2) is 33.7 Å². The third-order valence-corrected chi connectivity index (χ3v) is 3.45. The van der Waals surface area contributed by atoms with Crippen molar-refractivity contribution < 1.29 is 14.3 Å². The summed E-state index contributed by atoms with van der Waals surface area (Å²) in [5, 5.41) is 12.3. The number of pyridine rings is 1. The number of furan rings is 1. The zero-order valence-corrected chi connectivity index (χ0v) is 12.8. The van der Waals surface area contributed by atoms with Crippen molar-refractivity contribution in [2.75, 3.05) is 11.9 Å². The lowest BCUT2D eigenvalue weighted by Gasteiger charge is -2.29. The molecule has 6 nitrogen and oxygen atoms in total. The summed E-state index contributed by atoms with van der Waals surface area (Å²) in [7, 11) is 0. The first-order chi connectivity index (χ1) is 10.6. The predicted molar refractivity (Wildman–Crippen MR) is 83.4 cm³/mol. The lowest BCUT2D eigenvalue weighted by Crippen LogP contribution is -2.44. The molecule has 0 fully saturated rings. The average molecular weight is 303 g/mol. The highest BCUT2D eigenvalue weighted by Gasteiger charge is 2.23. The van der Waals surface area contributed by atoms with E-state index in [0.29, 0.717) is 24.4 Å². The topological polar surface area (TPSA) is 78.6 Å². The molecule has 0 saturated carbocycles. The molecule has 0 spiro atoms. The number of aromatic nitrogens is 1. The number of rotatable bonds is 6. The van der Waals surface area contributed by atoms with Gasteiger partial charge in [-0.15, -0.1) is 0 Å². The van der Waals surface area contributed by atoms with E-state index in [1.165, 1.54) is 0 Å². The molecule has 0 aliphatic rings. The van der Waals surface area contributed by atoms with Crippen LogP contribution in [-0.2, 0) is 6.54 Å². The van der Waals surface area contributed by atoms with Crippen molar-refractivity contribution in [1.29, 1.82) is 0 Å². The molecule has 0 saturated heterocycles. The SMILES string of the molecule is CC[C@H](CO)N(Cc1ccco1)C(=O)Nc1ccc(C)nc1. The monoisotopic (exact) mass is 303 g/mol. The highest BCUT2D eigenvalue weighted by molar-refractivity contribution is 5.89. The Balaban J connectivity index is 2.12. The fraction of sp³-hybridized carbons (Fsp3) is 0.375. The van der Waals surface area contributed by atoms with Crippen LogP contribution in [0.2, 0.25) is 0 Å². The van der Waals surface area contributed by atoms with Gasteiger partial charge in [0.15, 0.2) is 0 Å². The Kier molecular flexibility index (Phi) is 5.55. The second-order valence-corrected chi connectivity index (χ2v) is 5.07. The number of aliphatic hydroxyl groups excluding tert-OH is 1. The van der Waals surface area contributed by atoms with Gasteiger partial charge in [0.05, 0.1) is 37.3 Å². The van der Waals surface area contributed by atoms with Crippen LogP contribution in [0.1, 0.15) is 24.8 Å². The summed E-state index contributed by atoms with van der Waals surface area (Å²) in [6, 6.07) is 6.64. The number of nitrogens with zero attached hydrogens (tertiary/aromatic N) is 2. The molecule has 2 aromatic rings. The van der Waals surface area contributed by atoms with E-state index in [4.69, 9.17) is 4.42 Å². The van der Waals surface area contributed by atoms with E-state index in [-0.39, 0.29) is 18.7 Å². The first kappa shape index (κ1) is 16.0. The molecule has 2 aromatic heterocycles. The van der Waals surface area contributed by atoms with Crippen LogP contribution >= 0.6 is 0 Å². The van der Waals surface area contributed by atoms with Crippen LogP contribution in [0, 0.1) is 6.92 Å². The Morgan fingerprint density at radius 1 is 1.45 bits per heavy atom. The highest BCUT2D eigenvalue weighted by Crippen LogP contribution is 2.14. The molecule has 2 N–H and O–H groups in total. The summed E-state index contributed by atoms with van der Waals surface area (Å²) in [5.74, 6) is 0.670. The van der Waals surface area contributed by atoms with Crippen LogP contribution in [0.4, 0.5) is 10.5 Å². The average Bonchev–Trinajstić information content (AvgIpc) is 3.03. The molecule has 2 amide bonds. The summed E-state index contributed by atoms with van der Waals surface area (Å²) in [6.07, 6.45) is 3.82. The van der Waals surface area contributed by atoms with Crippen molar-refractivity contribution in [1.82, 2.24) is 9.88 Å². The van der Waals surface area contributed by atoms with Gasteiger partial charge in [0, 0.05) is 5.69 Å². The molecule has 0 bridgehead atoms. The number of carbonyl (C=O) groups is 1. The Labute approximate surface area is 129 Å². The van der Waals surface area contributed by atoms with Crippen LogP contribution in [0.25, 0.3) is 0 Å². The van der Waals surface area contributed by atoms with Gasteiger partial charge in [-0.3, -0.25) is 4.98 Å². The van der Waals surface area contributed by atoms with Crippen LogP contribution in [0.15, 0.2) is 41.1 Å². The van der Waals surface area contributed by atoms with Gasteiger partial charge in [0.2, 0.25) is 0 Å². The first-order valence-electron chi connectivity index (χ1n) is 7.27. The van der Waals surface area contributed by atoms with Crippen molar-refractivity contribution in [3.05, 3.63) is 48.2 Å². The molecular weight excluding hydrogens is 282 g/mol. The van der Waals surface area contributed by atoms with Gasteiger partial charge in [-0.05, 0) is 37.6 Å². The maximum atomic E-state index is 12.5. The van der Waals surface area contributed by atoms with Crippen molar-refractivity contribution in [3.8, 4) is 0 Å². The van der Waals surface area contributed by atoms with Crippen LogP contribution in [0.5, 0.6) is 0 Å². The summed E-state index contributed by atoms with van der Waals surface area (Å²) in [4.78, 5) is 18.2. The maximum absolute atomic E-state index is 12.5. The van der Waals surface area contributed by atoms with Gasteiger partial charge in [0.1, 0.15) is 5.76 Å². The van der Waals surface area contributed by atoms with Crippen molar-refractivity contribution in [2.45, 2.75) is 32.9 Å². The largest absolute Gasteiger partial charge is 0.467 e. The molecule has 0 aliphatic carbocycles. The smallest absolute Gasteiger partial charge is 0.322 e. The zero-order valence-electron chi connectivity index (χ0n) is 12.8. The third kappa shape index (κ3) is 4.08. The second kappa shape index (κ2) is 7.61. The second-order valence-electron chi connectivity index (χ2n) is 5.07. The Morgan fingerprint density at radius 3 is 2.82 bits per heavy atom. The molecule has 22 heavy (non-hydrogen) atoms. The molecule has 0 aromatic carbocycles. The Morgan fingerprint density at radius 2 is 2.27 bits per heavy atom. The van der Waals surface area contributed by atoms with E-state index >= 15 is 0 Å². The maximum Gasteiger partial charge on any atom is 0.322 e. The first-order valence-corrected chi connectivity index (χ1v) is 7.27. The van der Waals surface area contributed by atoms with E-state index in [0.717, 1.165) is 5.69 Å². The molecule has 2 heterocycles. The van der Waals surface area contributed by atoms with Gasteiger partial charge < -0.3 is 19.7 Å². The Hall–Kier alpha value is -2.34. The quantitative estimate of drug-likeness (QED) is 0.860. The van der Waals surface area contributed by atoms with Gasteiger partial charge in [-0.1, -0.05) is 6.92 Å². The number of urea groups is 1. The lowest BCUT2D eigenvalue weighted by molar-refractivity contribution is 0.129. The van der Waals surface area contributed by atoms with Crippen LogP contribution in [0.3, 0.4) is 0 Å². The predicted octanol–water partition coefficient (Wildman–Crippen LogP) is 2.79. The number of carbonyl (C=O) groups excluding carboxylic acids is 1. The number of hydrogen-bond acceptors (Lipinski definition) is 4. The summed E-state index contributed by atoms with van der Waals surface area (Å²) in [5.41, 5.74) is 1.50. The molecule has 0 aliphatic heterocycles. The van der Waals surface area contributed by atoms with Crippen molar-refractivity contribution in [2.24, 2.45) is 0 Å². The minimum absolute atomic E-state index is 0.100. The standard InChI is InChI=1S/C16H21N3O3/c1-3-14(11-20)19(10-15-5-4-8-22-15)16(21)18-13-7-6-12(2)17-9-13/h4-9,14,20H,3,10-11H2,1-2H3,(H,18,21)/t14-/m1/s1. The van der Waals surface area contributed by atoms with Gasteiger partial charge in [0.25, 0.3) is 0 Å². The van der Waals surface area contributed by atoms with Crippen molar-refractivity contribution >= 4 is 11.7 Å². The number of hydrogen-bond donors (Lipinski definition) is 2. The van der Waals surface area contributed by atoms with E-state index < -0.39 is 0 Å². The highest BCUT2D eigenvalue weighted by atomic mass is 16.3. The minimum atomic E-state index is -0.289. The molecule has 0 unspecified atom stereocenters. The molecular formula is C16H21N3O3. The van der Waals surface area contributed by atoms with Gasteiger partial charge >= 0.3 is 6.03 Å². The summed E-state index contributed by atoms with van der Waals surface area (Å²) in [6.45, 7) is 4.01.